The highest BCUT2D eigenvalue weighted by atomic mass is 16.1. The summed E-state index contributed by atoms with van der Waals surface area (Å²) in [5.74, 6) is 0. The van der Waals surface area contributed by atoms with Gasteiger partial charge in [0.2, 0.25) is 0 Å². The van der Waals surface area contributed by atoms with Crippen LogP contribution < -0.4 is 5.56 Å². The molecule has 0 aliphatic heterocycles. The second-order valence-corrected chi connectivity index (χ2v) is 3.03. The maximum Gasteiger partial charge on any atom is 0.274 e. The van der Waals surface area contributed by atoms with Gasteiger partial charge in [0.05, 0.1) is 22.5 Å². The fourth-order valence-corrected chi connectivity index (χ4v) is 1.46. The molecule has 1 N–H and O–H groups in total. The van der Waals surface area contributed by atoms with Crippen molar-refractivity contribution in [3.63, 3.8) is 0 Å². The molecule has 0 saturated carbocycles. The number of nitrogens with zero attached hydrogens (tertiary/aromatic N) is 2. The van der Waals surface area contributed by atoms with E-state index in [4.69, 9.17) is 5.26 Å². The molecule has 0 fully saturated rings. The number of fused-ring (bicyclic) bond motifs is 1. The monoisotopic (exact) mass is 187 g/mol. The largest absolute Gasteiger partial charge is 0.295 e. The first-order valence-corrected chi connectivity index (χ1v) is 4.39. The van der Waals surface area contributed by atoms with Crippen LogP contribution in [0.2, 0.25) is 0 Å². The van der Waals surface area contributed by atoms with Gasteiger partial charge in [-0.2, -0.15) is 5.26 Å². The summed E-state index contributed by atoms with van der Waals surface area (Å²) in [6, 6.07) is 7.05. The summed E-state index contributed by atoms with van der Waals surface area (Å²) in [4.78, 5) is 11.6. The summed E-state index contributed by atoms with van der Waals surface area (Å²) in [6.07, 6.45) is 0. The van der Waals surface area contributed by atoms with E-state index in [-0.39, 0.29) is 5.56 Å². The first-order chi connectivity index (χ1) is 6.76. The van der Waals surface area contributed by atoms with E-state index < -0.39 is 0 Å². The van der Waals surface area contributed by atoms with Crippen LogP contribution in [0.4, 0.5) is 0 Å². The van der Waals surface area contributed by atoms with Gasteiger partial charge >= 0.3 is 0 Å². The zero-order valence-electron chi connectivity index (χ0n) is 7.74. The fourth-order valence-electron chi connectivity index (χ4n) is 1.46. The van der Waals surface area contributed by atoms with Gasteiger partial charge in [-0.05, 0) is 25.1 Å². The van der Waals surface area contributed by atoms with Crippen molar-refractivity contribution in [1.82, 2.24) is 9.78 Å². The normalized spacial score (nSPS) is 10.3. The van der Waals surface area contributed by atoms with Gasteiger partial charge in [-0.25, -0.2) is 0 Å². The van der Waals surface area contributed by atoms with E-state index in [0.717, 1.165) is 5.52 Å². The standard InChI is InChI=1S/C10H9N3O/c1-2-13-10(14)8-4-3-7(6-11)5-9(8)12-13/h3-5,12H,2H2,1H3. The number of nitriles is 1. The molecule has 2 rings (SSSR count). The third-order valence-corrected chi connectivity index (χ3v) is 2.20. The predicted molar refractivity (Wildman–Crippen MR) is 52.9 cm³/mol. The average molecular weight is 187 g/mol. The molecule has 14 heavy (non-hydrogen) atoms. The highest BCUT2D eigenvalue weighted by molar-refractivity contribution is 5.79. The third kappa shape index (κ3) is 1.11. The second-order valence-electron chi connectivity index (χ2n) is 3.03. The van der Waals surface area contributed by atoms with Gasteiger partial charge in [0.15, 0.2) is 0 Å². The molecule has 0 amide bonds. The molecule has 0 saturated heterocycles. The summed E-state index contributed by atoms with van der Waals surface area (Å²) in [5, 5.41) is 12.3. The van der Waals surface area contributed by atoms with E-state index in [2.05, 4.69) is 5.10 Å². The molecule has 0 aliphatic rings. The molecule has 0 atom stereocenters. The number of benzene rings is 1. The lowest BCUT2D eigenvalue weighted by atomic mass is 10.2. The van der Waals surface area contributed by atoms with Crippen LogP contribution in [-0.4, -0.2) is 9.78 Å². The third-order valence-electron chi connectivity index (χ3n) is 2.20. The Morgan fingerprint density at radius 3 is 3.00 bits per heavy atom. The van der Waals surface area contributed by atoms with Gasteiger partial charge in [-0.3, -0.25) is 14.6 Å². The van der Waals surface area contributed by atoms with Crippen LogP contribution in [0.15, 0.2) is 23.0 Å². The van der Waals surface area contributed by atoms with Crippen molar-refractivity contribution in [2.24, 2.45) is 0 Å². The molecule has 1 aromatic heterocycles. The molecule has 4 heteroatoms. The predicted octanol–water partition coefficient (Wildman–Crippen LogP) is 1.22. The summed E-state index contributed by atoms with van der Waals surface area (Å²) in [6.45, 7) is 2.50. The highest BCUT2D eigenvalue weighted by Crippen LogP contribution is 2.09. The first-order valence-electron chi connectivity index (χ1n) is 4.39. The molecule has 4 nitrogen and oxygen atoms in total. The van der Waals surface area contributed by atoms with Gasteiger partial charge in [0.25, 0.3) is 5.56 Å². The number of rotatable bonds is 1. The van der Waals surface area contributed by atoms with Crippen molar-refractivity contribution in [2.75, 3.05) is 0 Å². The topological polar surface area (TPSA) is 61.6 Å². The Morgan fingerprint density at radius 2 is 2.36 bits per heavy atom. The number of H-pyrrole nitrogens is 1. The van der Waals surface area contributed by atoms with Crippen LogP contribution in [0.25, 0.3) is 10.9 Å². The quantitative estimate of drug-likeness (QED) is 0.729. The van der Waals surface area contributed by atoms with E-state index in [1.807, 2.05) is 13.0 Å². The molecule has 2 aromatic rings. The van der Waals surface area contributed by atoms with Crippen molar-refractivity contribution < 1.29 is 0 Å². The zero-order valence-corrected chi connectivity index (χ0v) is 7.74. The van der Waals surface area contributed by atoms with Crippen molar-refractivity contribution in [1.29, 1.82) is 5.26 Å². The lowest BCUT2D eigenvalue weighted by molar-refractivity contribution is 0.646. The SMILES string of the molecule is CCn1[nH]c2cc(C#N)ccc2c1=O. The molecular formula is C10H9N3O. The minimum atomic E-state index is -0.0352. The smallest absolute Gasteiger partial charge is 0.274 e. The maximum atomic E-state index is 11.6. The molecule has 0 radical (unpaired) electrons. The Labute approximate surface area is 80.4 Å². The average Bonchev–Trinajstić information content (AvgIpc) is 2.55. The first kappa shape index (κ1) is 8.57. The Balaban J connectivity index is 2.81. The van der Waals surface area contributed by atoms with Crippen molar-refractivity contribution >= 4 is 10.9 Å². The summed E-state index contributed by atoms with van der Waals surface area (Å²) in [7, 11) is 0. The minimum Gasteiger partial charge on any atom is -0.295 e. The van der Waals surface area contributed by atoms with E-state index >= 15 is 0 Å². The van der Waals surface area contributed by atoms with Gasteiger partial charge in [-0.1, -0.05) is 0 Å². The number of hydrogen-bond donors (Lipinski definition) is 1. The molecule has 70 valence electrons. The van der Waals surface area contributed by atoms with Crippen LogP contribution in [-0.2, 0) is 6.54 Å². The van der Waals surface area contributed by atoms with Gasteiger partial charge < -0.3 is 0 Å². The van der Waals surface area contributed by atoms with Gasteiger partial charge in [0.1, 0.15) is 0 Å². The minimum absolute atomic E-state index is 0.0352. The lowest BCUT2D eigenvalue weighted by Gasteiger charge is -1.90. The summed E-state index contributed by atoms with van der Waals surface area (Å²) < 4.78 is 1.52. The lowest BCUT2D eigenvalue weighted by Crippen LogP contribution is -2.14. The molecule has 0 aliphatic carbocycles. The number of hydrogen-bond acceptors (Lipinski definition) is 2. The molecule has 0 bridgehead atoms. The van der Waals surface area contributed by atoms with E-state index in [1.165, 1.54) is 4.68 Å². The van der Waals surface area contributed by atoms with Crippen LogP contribution in [0.5, 0.6) is 0 Å². The zero-order chi connectivity index (χ0) is 10.1. The number of aromatic amines is 1. The number of aromatic nitrogens is 2. The molecule has 1 aromatic carbocycles. The molecular weight excluding hydrogens is 178 g/mol. The van der Waals surface area contributed by atoms with Crippen LogP contribution in [0.1, 0.15) is 12.5 Å². The Morgan fingerprint density at radius 1 is 1.57 bits per heavy atom. The molecule has 1 heterocycles. The fraction of sp³-hybridized carbons (Fsp3) is 0.200. The van der Waals surface area contributed by atoms with E-state index in [9.17, 15) is 4.79 Å². The van der Waals surface area contributed by atoms with Gasteiger partial charge in [0, 0.05) is 6.54 Å². The Bertz CT molecular complexity index is 571. The summed E-state index contributed by atoms with van der Waals surface area (Å²) in [5.41, 5.74) is 1.24. The number of nitrogens with one attached hydrogen (secondary N) is 1. The van der Waals surface area contributed by atoms with Crippen LogP contribution in [0, 0.1) is 11.3 Å². The Hall–Kier alpha value is -2.02. The molecule has 0 spiro atoms. The van der Waals surface area contributed by atoms with Gasteiger partial charge in [-0.15, -0.1) is 0 Å². The van der Waals surface area contributed by atoms with Crippen LogP contribution >= 0.6 is 0 Å². The van der Waals surface area contributed by atoms with Crippen LogP contribution in [0.3, 0.4) is 0 Å². The van der Waals surface area contributed by atoms with E-state index in [1.54, 1.807) is 18.2 Å². The molecule has 0 unspecified atom stereocenters. The highest BCUT2D eigenvalue weighted by Gasteiger charge is 2.04. The second kappa shape index (κ2) is 3.04. The Kier molecular flexibility index (Phi) is 1.86. The van der Waals surface area contributed by atoms with E-state index in [0.29, 0.717) is 17.5 Å². The van der Waals surface area contributed by atoms with Crippen molar-refractivity contribution in [2.45, 2.75) is 13.5 Å². The van der Waals surface area contributed by atoms with Crippen molar-refractivity contribution in [3.8, 4) is 6.07 Å². The number of aryl methyl sites for hydroxylation is 1. The maximum absolute atomic E-state index is 11.6. The van der Waals surface area contributed by atoms with Crippen molar-refractivity contribution in [3.05, 3.63) is 34.1 Å². The summed E-state index contributed by atoms with van der Waals surface area (Å²) >= 11 is 0.